The molecule has 1 saturated heterocycles. The van der Waals surface area contributed by atoms with E-state index in [9.17, 15) is 14.7 Å². The highest BCUT2D eigenvalue weighted by Crippen LogP contribution is 2.59. The van der Waals surface area contributed by atoms with E-state index in [1.807, 2.05) is 37.3 Å². The number of hydrogen-bond donors (Lipinski definition) is 1. The lowest BCUT2D eigenvalue weighted by Crippen LogP contribution is -2.79. The van der Waals surface area contributed by atoms with Gasteiger partial charge in [0.2, 0.25) is 11.2 Å². The number of carbonyl (C=O) groups is 2. The van der Waals surface area contributed by atoms with Crippen LogP contribution in [0.3, 0.4) is 0 Å². The molecule has 3 aromatic carbocycles. The van der Waals surface area contributed by atoms with E-state index in [0.717, 1.165) is 5.56 Å². The van der Waals surface area contributed by atoms with Crippen LogP contribution in [0.15, 0.2) is 72.8 Å². The predicted molar refractivity (Wildman–Crippen MR) is 128 cm³/mol. The van der Waals surface area contributed by atoms with Crippen LogP contribution in [0.25, 0.3) is 0 Å². The van der Waals surface area contributed by atoms with Gasteiger partial charge in [0, 0.05) is 25.4 Å². The minimum atomic E-state index is -2.17. The number of likely N-dealkylation sites (N-methyl/N-ethyl adjacent to an activating group) is 1. The van der Waals surface area contributed by atoms with Gasteiger partial charge in [0.15, 0.2) is 0 Å². The summed E-state index contributed by atoms with van der Waals surface area (Å²) in [7, 11) is 4.55. The van der Waals surface area contributed by atoms with Gasteiger partial charge in [-0.1, -0.05) is 48.0 Å². The summed E-state index contributed by atoms with van der Waals surface area (Å²) >= 11 is 0. The van der Waals surface area contributed by atoms with Gasteiger partial charge >= 0.3 is 0 Å². The Morgan fingerprint density at radius 2 is 1.53 bits per heavy atom. The van der Waals surface area contributed by atoms with E-state index in [-0.39, 0.29) is 0 Å². The number of benzene rings is 3. The normalized spacial score (nSPS) is 25.9. The zero-order valence-electron chi connectivity index (χ0n) is 19.5. The predicted octanol–water partition coefficient (Wildman–Crippen LogP) is 3.34. The third-order valence-corrected chi connectivity index (χ3v) is 7.04. The molecule has 7 nitrogen and oxygen atoms in total. The molecule has 3 atom stereocenters. The second-order valence-corrected chi connectivity index (χ2v) is 8.72. The number of amides is 2. The number of nitrogens with zero attached hydrogens (tertiary/aromatic N) is 2. The van der Waals surface area contributed by atoms with Gasteiger partial charge in [0.25, 0.3) is 11.8 Å². The monoisotopic (exact) mass is 458 g/mol. The molecule has 2 aliphatic rings. The Morgan fingerprint density at radius 1 is 0.882 bits per heavy atom. The molecule has 0 aromatic heterocycles. The quantitative estimate of drug-likeness (QED) is 0.594. The minimum Gasteiger partial charge on any atom is -0.497 e. The lowest BCUT2D eigenvalue weighted by molar-refractivity contribution is -0.211. The smallest absolute Gasteiger partial charge is 0.267 e. The summed E-state index contributed by atoms with van der Waals surface area (Å²) in [5.41, 5.74) is -0.687. The average molecular weight is 459 g/mol. The molecule has 0 spiro atoms. The average Bonchev–Trinajstić information content (AvgIpc) is 3.10. The van der Waals surface area contributed by atoms with Gasteiger partial charge in [0.05, 0.1) is 12.8 Å². The fourth-order valence-corrected chi connectivity index (χ4v) is 5.28. The van der Waals surface area contributed by atoms with E-state index in [4.69, 9.17) is 9.47 Å². The molecule has 0 radical (unpaired) electrons. The van der Waals surface area contributed by atoms with Gasteiger partial charge in [-0.2, -0.15) is 0 Å². The van der Waals surface area contributed by atoms with Gasteiger partial charge in [-0.25, -0.2) is 0 Å². The SMILES string of the molecule is COc1ccc(N2C(=O)[C@@](O)([C@@]3(OC)C(=O)N(C)c4ccccc43)[C@@H]2c2ccc(C)cc2)cc1. The number of anilines is 2. The Morgan fingerprint density at radius 3 is 2.15 bits per heavy atom. The fourth-order valence-electron chi connectivity index (χ4n) is 5.28. The number of aryl methyl sites for hydroxylation is 1. The van der Waals surface area contributed by atoms with E-state index in [2.05, 4.69) is 0 Å². The number of rotatable bonds is 5. The van der Waals surface area contributed by atoms with Crippen molar-refractivity contribution in [3.8, 4) is 5.75 Å². The molecule has 0 saturated carbocycles. The minimum absolute atomic E-state index is 0.465. The maximum absolute atomic E-state index is 13.9. The van der Waals surface area contributed by atoms with Crippen LogP contribution < -0.4 is 14.5 Å². The molecule has 1 fully saturated rings. The highest BCUT2D eigenvalue weighted by Gasteiger charge is 2.77. The van der Waals surface area contributed by atoms with Crippen LogP contribution in [0.2, 0.25) is 0 Å². The highest BCUT2D eigenvalue weighted by molar-refractivity contribution is 6.18. The molecular weight excluding hydrogens is 432 g/mol. The van der Waals surface area contributed by atoms with Crippen molar-refractivity contribution in [1.82, 2.24) is 0 Å². The van der Waals surface area contributed by atoms with Crippen molar-refractivity contribution in [2.24, 2.45) is 0 Å². The van der Waals surface area contributed by atoms with Crippen LogP contribution in [-0.4, -0.2) is 43.8 Å². The number of para-hydroxylation sites is 1. The summed E-state index contributed by atoms with van der Waals surface area (Å²) in [6.45, 7) is 1.96. The molecular formula is C27H26N2O5. The molecule has 1 N–H and O–H groups in total. The van der Waals surface area contributed by atoms with E-state index < -0.39 is 29.1 Å². The largest absolute Gasteiger partial charge is 0.497 e. The number of carbonyl (C=O) groups excluding carboxylic acids is 2. The lowest BCUT2D eigenvalue weighted by Gasteiger charge is -2.58. The molecule has 0 aliphatic carbocycles. The number of β-lactam (4-membered cyclic amide) rings is 1. The molecule has 7 heteroatoms. The van der Waals surface area contributed by atoms with Gasteiger partial charge in [-0.15, -0.1) is 0 Å². The number of methoxy groups -OCH3 is 2. The van der Waals surface area contributed by atoms with Gasteiger partial charge in [-0.05, 0) is 42.8 Å². The summed E-state index contributed by atoms with van der Waals surface area (Å²) in [5, 5.41) is 12.3. The summed E-state index contributed by atoms with van der Waals surface area (Å²) in [5.74, 6) is -0.448. The van der Waals surface area contributed by atoms with Crippen molar-refractivity contribution in [3.05, 3.63) is 89.5 Å². The van der Waals surface area contributed by atoms with Gasteiger partial charge < -0.3 is 19.5 Å². The summed E-state index contributed by atoms with van der Waals surface area (Å²) in [6.07, 6.45) is 0. The van der Waals surface area contributed by atoms with Crippen LogP contribution in [0.5, 0.6) is 5.75 Å². The van der Waals surface area contributed by atoms with E-state index in [0.29, 0.717) is 28.3 Å². The first-order valence-electron chi connectivity index (χ1n) is 11.0. The third kappa shape index (κ3) is 2.65. The topological polar surface area (TPSA) is 79.3 Å². The summed E-state index contributed by atoms with van der Waals surface area (Å²) < 4.78 is 11.1. The van der Waals surface area contributed by atoms with Crippen LogP contribution in [0, 0.1) is 6.92 Å². The summed E-state index contributed by atoms with van der Waals surface area (Å²) in [6, 6.07) is 20.8. The molecule has 0 unspecified atom stereocenters. The highest BCUT2D eigenvalue weighted by atomic mass is 16.5. The molecule has 0 bridgehead atoms. The Labute approximate surface area is 198 Å². The van der Waals surface area contributed by atoms with Crippen molar-refractivity contribution < 1.29 is 24.2 Å². The Bertz CT molecular complexity index is 1270. The van der Waals surface area contributed by atoms with Gasteiger partial charge in [-0.3, -0.25) is 14.5 Å². The van der Waals surface area contributed by atoms with E-state index in [1.165, 1.54) is 16.9 Å². The Kier molecular flexibility index (Phi) is 5.00. The van der Waals surface area contributed by atoms with Crippen LogP contribution in [0.1, 0.15) is 22.7 Å². The van der Waals surface area contributed by atoms with Crippen molar-refractivity contribution in [1.29, 1.82) is 0 Å². The number of fused-ring (bicyclic) bond motifs is 1. The van der Waals surface area contributed by atoms with Crippen molar-refractivity contribution in [2.75, 3.05) is 31.1 Å². The second kappa shape index (κ2) is 7.68. The Balaban J connectivity index is 1.72. The van der Waals surface area contributed by atoms with E-state index in [1.54, 1.807) is 56.6 Å². The number of aliphatic hydroxyl groups is 1. The molecule has 174 valence electrons. The number of ether oxygens (including phenoxy) is 2. The van der Waals surface area contributed by atoms with Crippen molar-refractivity contribution in [2.45, 2.75) is 24.2 Å². The first kappa shape index (κ1) is 22.1. The lowest BCUT2D eigenvalue weighted by atomic mass is 9.64. The molecule has 3 aromatic rings. The number of hydrogen-bond acceptors (Lipinski definition) is 5. The molecule has 2 aliphatic heterocycles. The zero-order chi connectivity index (χ0) is 24.3. The molecule has 5 rings (SSSR count). The van der Waals surface area contributed by atoms with Crippen LogP contribution in [0.4, 0.5) is 11.4 Å². The summed E-state index contributed by atoms with van der Waals surface area (Å²) in [4.78, 5) is 30.6. The van der Waals surface area contributed by atoms with Crippen molar-refractivity contribution in [3.63, 3.8) is 0 Å². The third-order valence-electron chi connectivity index (χ3n) is 7.04. The fraction of sp³-hybridized carbons (Fsp3) is 0.259. The first-order valence-corrected chi connectivity index (χ1v) is 11.0. The van der Waals surface area contributed by atoms with Crippen LogP contribution in [-0.2, 0) is 19.9 Å². The first-order chi connectivity index (χ1) is 16.3. The molecule has 34 heavy (non-hydrogen) atoms. The second-order valence-electron chi connectivity index (χ2n) is 8.72. The van der Waals surface area contributed by atoms with Crippen LogP contribution >= 0.6 is 0 Å². The molecule has 2 heterocycles. The maximum Gasteiger partial charge on any atom is 0.267 e. The zero-order valence-corrected chi connectivity index (χ0v) is 19.5. The standard InChI is InChI=1S/C27H26N2O5/c1-17-9-11-18(12-10-17)23-26(32,24(30)29(23)19-13-15-20(33-3)16-14-19)27(34-4)21-7-5-6-8-22(21)28(2)25(27)31/h5-16,23,32H,1-4H3/t23-,26+,27-/m0/s1. The molecule has 2 amide bonds. The van der Waals surface area contributed by atoms with E-state index >= 15 is 0 Å². The Hall–Kier alpha value is -3.68. The maximum atomic E-state index is 13.9. The van der Waals surface area contributed by atoms with Gasteiger partial charge in [0.1, 0.15) is 11.8 Å². The van der Waals surface area contributed by atoms with Crippen molar-refractivity contribution >= 4 is 23.2 Å².